The quantitative estimate of drug-likeness (QED) is 0.267. The fourth-order valence-corrected chi connectivity index (χ4v) is 5.61. The van der Waals surface area contributed by atoms with E-state index in [1.807, 2.05) is 0 Å². The number of carbonyl (C=O) groups excluding carboxylic acids is 2. The lowest BCUT2D eigenvalue weighted by Crippen LogP contribution is -2.57. The topological polar surface area (TPSA) is 138 Å². The van der Waals surface area contributed by atoms with Crippen molar-refractivity contribution < 1.29 is 39.1 Å². The Kier molecular flexibility index (Phi) is 9.67. The Morgan fingerprint density at radius 2 is 2.03 bits per heavy atom. The van der Waals surface area contributed by atoms with Crippen molar-refractivity contribution in [1.82, 2.24) is 10.2 Å². The summed E-state index contributed by atoms with van der Waals surface area (Å²) in [6, 6.07) is 2.72. The van der Waals surface area contributed by atoms with Crippen molar-refractivity contribution in [2.75, 3.05) is 33.4 Å². The first-order valence-electron chi connectivity index (χ1n) is 12.7. The Morgan fingerprint density at radius 1 is 1.24 bits per heavy atom. The van der Waals surface area contributed by atoms with Crippen LogP contribution in [0.2, 0.25) is 0 Å². The van der Waals surface area contributed by atoms with Crippen LogP contribution in [-0.2, 0) is 20.9 Å². The van der Waals surface area contributed by atoms with Crippen molar-refractivity contribution in [1.29, 1.82) is 0 Å². The van der Waals surface area contributed by atoms with Gasteiger partial charge in [0.15, 0.2) is 11.5 Å². The molecule has 3 aliphatic rings. The molecule has 4 N–H and O–H groups in total. The number of benzene rings is 1. The largest absolute Gasteiger partial charge is 0.493 e. The number of ether oxygens (including phenoxy) is 3. The van der Waals surface area contributed by atoms with Crippen LogP contribution in [0.15, 0.2) is 23.8 Å². The molecule has 2 fully saturated rings. The third-order valence-electron chi connectivity index (χ3n) is 6.98. The molecule has 37 heavy (non-hydrogen) atoms. The van der Waals surface area contributed by atoms with Crippen LogP contribution in [0.3, 0.4) is 0 Å². The van der Waals surface area contributed by atoms with Crippen LogP contribution in [0.5, 0.6) is 11.5 Å². The summed E-state index contributed by atoms with van der Waals surface area (Å²) >= 11 is 2.07. The van der Waals surface area contributed by atoms with Gasteiger partial charge in [-0.3, -0.25) is 9.59 Å². The zero-order valence-corrected chi connectivity index (χ0v) is 23.1. The third-order valence-corrected chi connectivity index (χ3v) is 7.78. The van der Waals surface area contributed by atoms with Gasteiger partial charge in [-0.25, -0.2) is 0 Å². The van der Waals surface area contributed by atoms with Gasteiger partial charge in [-0.2, -0.15) is 0 Å². The highest BCUT2D eigenvalue weighted by Crippen LogP contribution is 2.38. The van der Waals surface area contributed by atoms with Crippen LogP contribution in [0.4, 0.5) is 0 Å². The first-order valence-corrected chi connectivity index (χ1v) is 13.8. The number of hydrogen-bond acceptors (Lipinski definition) is 8. The Morgan fingerprint density at radius 3 is 2.65 bits per heavy atom. The van der Waals surface area contributed by atoms with Crippen molar-refractivity contribution in [3.8, 4) is 11.5 Å². The minimum atomic E-state index is -1.11. The van der Waals surface area contributed by atoms with Crippen LogP contribution in [0.1, 0.15) is 37.7 Å². The minimum absolute atomic E-state index is 0.0872. The zero-order chi connectivity index (χ0) is 26.5. The molecule has 11 heteroatoms. The van der Waals surface area contributed by atoms with Gasteiger partial charge in [-0.05, 0) is 78.0 Å². The summed E-state index contributed by atoms with van der Waals surface area (Å²) in [5.74, 6) is 0.573. The highest BCUT2D eigenvalue weighted by molar-refractivity contribution is 14.1. The molecular weight excluding hydrogens is 595 g/mol. The van der Waals surface area contributed by atoms with E-state index >= 15 is 0 Å². The summed E-state index contributed by atoms with van der Waals surface area (Å²) in [7, 11) is 1.49. The van der Waals surface area contributed by atoms with Crippen molar-refractivity contribution >= 4 is 34.4 Å². The number of nitrogens with one attached hydrogen (secondary N) is 1. The Bertz CT molecular complexity index is 1010. The monoisotopic (exact) mass is 630 g/mol. The fraction of sp³-hybridized carbons (Fsp3) is 0.615. The molecule has 2 amide bonds. The van der Waals surface area contributed by atoms with Gasteiger partial charge in [0.1, 0.15) is 18.3 Å². The zero-order valence-electron chi connectivity index (χ0n) is 20.9. The normalized spacial score (nSPS) is 25.4. The summed E-state index contributed by atoms with van der Waals surface area (Å²) in [5, 5.41) is 33.0. The molecule has 1 saturated carbocycles. The van der Waals surface area contributed by atoms with Crippen LogP contribution in [0.25, 0.3) is 0 Å². The van der Waals surface area contributed by atoms with Crippen molar-refractivity contribution in [3.63, 3.8) is 0 Å². The first-order chi connectivity index (χ1) is 17.9. The van der Waals surface area contributed by atoms with Crippen molar-refractivity contribution in [2.45, 2.75) is 63.1 Å². The summed E-state index contributed by atoms with van der Waals surface area (Å²) in [6.45, 7) is 0.734. The predicted molar refractivity (Wildman–Crippen MR) is 142 cm³/mol. The number of aliphatic hydroxyl groups is 3. The fourth-order valence-electron chi connectivity index (χ4n) is 4.82. The highest BCUT2D eigenvalue weighted by Gasteiger charge is 2.44. The average molecular weight is 630 g/mol. The molecule has 204 valence electrons. The van der Waals surface area contributed by atoms with Gasteiger partial charge in [0.2, 0.25) is 5.91 Å². The van der Waals surface area contributed by atoms with Gasteiger partial charge >= 0.3 is 0 Å². The van der Waals surface area contributed by atoms with E-state index in [9.17, 15) is 24.9 Å². The maximum atomic E-state index is 13.5. The molecule has 0 bridgehead atoms. The Balaban J connectivity index is 1.67. The van der Waals surface area contributed by atoms with E-state index in [2.05, 4.69) is 27.9 Å². The number of rotatable bonds is 11. The number of aliphatic hydroxyl groups excluding tert-OH is 3. The standard InChI is InChI=1S/C26H35IN2O8/c1-35-22-10-16(14-31)9-18(27)24(22)37-21-12-17(25(33)28-6-7-30)11-19(23(21)32)29(13-15-4-5-15)26(34)20-3-2-8-36-20/h9-10,12,15,19-21,23,30-32H,2-8,11,13-14H2,1H3,(H,28,33). The molecule has 4 rings (SSSR count). The average Bonchev–Trinajstić information content (AvgIpc) is 3.56. The van der Waals surface area contributed by atoms with Gasteiger partial charge in [0, 0.05) is 31.7 Å². The van der Waals surface area contributed by atoms with E-state index in [0.717, 1.165) is 19.3 Å². The van der Waals surface area contributed by atoms with E-state index < -0.39 is 24.4 Å². The predicted octanol–water partition coefficient (Wildman–Crippen LogP) is 1.13. The van der Waals surface area contributed by atoms with E-state index in [4.69, 9.17) is 14.2 Å². The van der Waals surface area contributed by atoms with Gasteiger partial charge in [0.05, 0.1) is 29.9 Å². The second-order valence-electron chi connectivity index (χ2n) is 9.72. The summed E-state index contributed by atoms with van der Waals surface area (Å²) in [4.78, 5) is 28.2. The molecule has 0 aromatic heterocycles. The SMILES string of the molecule is COc1cc(CO)cc(I)c1OC1C=C(C(=O)NCCO)CC(N(CC2CC2)C(=O)C2CCCO2)C1O. The Hall–Kier alpha value is -1.93. The van der Waals surface area contributed by atoms with Crippen molar-refractivity contribution in [2.24, 2.45) is 5.92 Å². The molecule has 10 nitrogen and oxygen atoms in total. The molecule has 2 aliphatic carbocycles. The Labute approximate surface area is 230 Å². The van der Waals surface area contributed by atoms with Crippen LogP contribution >= 0.6 is 22.6 Å². The number of hydrogen-bond donors (Lipinski definition) is 4. The second-order valence-corrected chi connectivity index (χ2v) is 10.9. The molecule has 0 radical (unpaired) electrons. The molecular formula is C26H35IN2O8. The smallest absolute Gasteiger partial charge is 0.252 e. The summed E-state index contributed by atoms with van der Waals surface area (Å²) < 4.78 is 18.1. The number of nitrogens with zero attached hydrogens (tertiary/aromatic N) is 1. The number of methoxy groups -OCH3 is 1. The van der Waals surface area contributed by atoms with Crippen LogP contribution < -0.4 is 14.8 Å². The number of carbonyl (C=O) groups is 2. The molecule has 1 aromatic rings. The molecule has 1 heterocycles. The molecule has 4 unspecified atom stereocenters. The first kappa shape index (κ1) is 28.1. The number of amides is 2. The lowest BCUT2D eigenvalue weighted by molar-refractivity contribution is -0.148. The lowest BCUT2D eigenvalue weighted by Gasteiger charge is -2.41. The summed E-state index contributed by atoms with van der Waals surface area (Å²) in [6.07, 6.45) is 2.60. The molecule has 1 aromatic carbocycles. The summed E-state index contributed by atoms with van der Waals surface area (Å²) in [5.41, 5.74) is 1.02. The van der Waals surface area contributed by atoms with Gasteiger partial charge in [-0.15, -0.1) is 0 Å². The highest BCUT2D eigenvalue weighted by atomic mass is 127. The van der Waals surface area contributed by atoms with E-state index in [0.29, 0.717) is 51.7 Å². The maximum Gasteiger partial charge on any atom is 0.252 e. The van der Waals surface area contributed by atoms with Crippen LogP contribution in [-0.4, -0.2) is 89.8 Å². The molecule has 0 spiro atoms. The lowest BCUT2D eigenvalue weighted by atomic mass is 9.87. The maximum absolute atomic E-state index is 13.5. The van der Waals surface area contributed by atoms with Gasteiger partial charge in [0.25, 0.3) is 5.91 Å². The molecule has 1 saturated heterocycles. The van der Waals surface area contributed by atoms with Crippen LogP contribution in [0, 0.1) is 9.49 Å². The van der Waals surface area contributed by atoms with E-state index in [-0.39, 0.29) is 38.0 Å². The second kappa shape index (κ2) is 12.7. The minimum Gasteiger partial charge on any atom is -0.493 e. The van der Waals surface area contributed by atoms with E-state index in [1.54, 1.807) is 23.1 Å². The third kappa shape index (κ3) is 6.75. The van der Waals surface area contributed by atoms with Crippen molar-refractivity contribution in [3.05, 3.63) is 32.9 Å². The number of halogens is 1. The molecule has 4 atom stereocenters. The van der Waals surface area contributed by atoms with Gasteiger partial charge < -0.3 is 39.7 Å². The van der Waals surface area contributed by atoms with E-state index in [1.165, 1.54) is 7.11 Å². The molecule has 1 aliphatic heterocycles. The van der Waals surface area contributed by atoms with Gasteiger partial charge in [-0.1, -0.05) is 0 Å².